The van der Waals surface area contributed by atoms with Crippen LogP contribution in [0.15, 0.2) is 66.7 Å². The normalized spacial score (nSPS) is 26.9. The highest BCUT2D eigenvalue weighted by Crippen LogP contribution is 2.45. The number of hydrogen-bond acceptors (Lipinski definition) is 5. The van der Waals surface area contributed by atoms with Crippen LogP contribution in [-0.4, -0.2) is 36.5 Å². The van der Waals surface area contributed by atoms with E-state index < -0.39 is 5.82 Å². The number of rotatable bonds is 10. The summed E-state index contributed by atoms with van der Waals surface area (Å²) in [5.41, 5.74) is 1.99. The highest BCUT2D eigenvalue weighted by Gasteiger charge is 2.49. The minimum atomic E-state index is -0.523. The Balaban J connectivity index is 0.944. The molecule has 8 heteroatoms. The molecule has 3 fully saturated rings. The van der Waals surface area contributed by atoms with Crippen molar-refractivity contribution in [3.8, 4) is 5.75 Å². The molecule has 4 atom stereocenters. The minimum absolute atomic E-state index is 0.00169. The van der Waals surface area contributed by atoms with Gasteiger partial charge < -0.3 is 20.1 Å². The first-order valence-electron chi connectivity index (χ1n) is 17.5. The second kappa shape index (κ2) is 13.4. The van der Waals surface area contributed by atoms with Crippen molar-refractivity contribution in [3.63, 3.8) is 0 Å². The number of nitrogens with one attached hydrogen (secondary N) is 2. The van der Waals surface area contributed by atoms with E-state index in [1.54, 1.807) is 6.92 Å². The largest absolute Gasteiger partial charge is 0.487 e. The van der Waals surface area contributed by atoms with Crippen LogP contribution in [-0.2, 0) is 20.9 Å². The van der Waals surface area contributed by atoms with Crippen LogP contribution < -0.4 is 15.4 Å². The summed E-state index contributed by atoms with van der Waals surface area (Å²) >= 11 is 0. The van der Waals surface area contributed by atoms with Crippen molar-refractivity contribution in [2.24, 2.45) is 29.1 Å². The molecule has 0 saturated heterocycles. The van der Waals surface area contributed by atoms with Crippen LogP contribution in [0.5, 0.6) is 5.75 Å². The summed E-state index contributed by atoms with van der Waals surface area (Å²) in [6.45, 7) is 4.80. The van der Waals surface area contributed by atoms with E-state index in [9.17, 15) is 14.4 Å². The van der Waals surface area contributed by atoms with E-state index in [0.29, 0.717) is 43.4 Å². The Bertz CT molecular complexity index is 1740. The molecule has 0 aliphatic heterocycles. The van der Waals surface area contributed by atoms with Gasteiger partial charge in [-0.2, -0.15) is 0 Å². The van der Waals surface area contributed by atoms with E-state index in [1.807, 2.05) is 42.5 Å². The highest BCUT2D eigenvalue weighted by molar-refractivity contribution is 5.97. The number of halogens is 1. The van der Waals surface area contributed by atoms with Gasteiger partial charge in [0, 0.05) is 18.2 Å². The number of esters is 1. The third kappa shape index (κ3) is 6.58. The number of ether oxygens (including phenoxy) is 2. The Kier molecular flexibility index (Phi) is 9.01. The zero-order valence-electron chi connectivity index (χ0n) is 27.8. The molecular formula is C40H45FN2O5. The number of benzene rings is 3. The maximum atomic E-state index is 15.1. The van der Waals surface area contributed by atoms with Crippen molar-refractivity contribution in [3.05, 3.63) is 89.3 Å². The molecule has 0 aromatic heterocycles. The average Bonchev–Trinajstić information content (AvgIpc) is 3.69. The number of hydrogen-bond donors (Lipinski definition) is 2. The second-order valence-electron chi connectivity index (χ2n) is 14.8. The van der Waals surface area contributed by atoms with Gasteiger partial charge >= 0.3 is 5.97 Å². The summed E-state index contributed by atoms with van der Waals surface area (Å²) in [4.78, 5) is 39.9. The number of carbonyl (C=O) groups is 3. The molecule has 7 rings (SSSR count). The Hall–Kier alpha value is -4.20. The molecule has 0 radical (unpaired) electrons. The summed E-state index contributed by atoms with van der Waals surface area (Å²) in [5.74, 6) is -1.40. The van der Waals surface area contributed by atoms with Gasteiger partial charge in [-0.1, -0.05) is 68.0 Å². The SMILES string of the molecule is Cc1cc(F)c(OC2CCC(C(=O)OCc3cccc4ccccc34)CC2)cc1C(=O)NC1C2C=CC(C2)C1C(=O)NCC1(C)CCC1. The van der Waals surface area contributed by atoms with E-state index in [-0.39, 0.29) is 71.4 Å². The summed E-state index contributed by atoms with van der Waals surface area (Å²) in [5, 5.41) is 8.50. The van der Waals surface area contributed by atoms with E-state index >= 15 is 4.39 Å². The highest BCUT2D eigenvalue weighted by atomic mass is 19.1. The molecular weight excluding hydrogens is 607 g/mol. The zero-order chi connectivity index (χ0) is 33.4. The monoisotopic (exact) mass is 652 g/mol. The van der Waals surface area contributed by atoms with Gasteiger partial charge in [0.15, 0.2) is 11.6 Å². The number of fused-ring (bicyclic) bond motifs is 3. The lowest BCUT2D eigenvalue weighted by Crippen LogP contribution is -2.51. The first-order chi connectivity index (χ1) is 23.2. The molecule has 252 valence electrons. The van der Waals surface area contributed by atoms with Gasteiger partial charge in [-0.3, -0.25) is 14.4 Å². The van der Waals surface area contributed by atoms with Crippen molar-refractivity contribution >= 4 is 28.6 Å². The quantitative estimate of drug-likeness (QED) is 0.179. The van der Waals surface area contributed by atoms with Crippen molar-refractivity contribution in [1.29, 1.82) is 0 Å². The lowest BCUT2D eigenvalue weighted by molar-refractivity contribution is -0.151. The van der Waals surface area contributed by atoms with Gasteiger partial charge in [0.25, 0.3) is 5.91 Å². The Labute approximate surface area is 281 Å². The lowest BCUT2D eigenvalue weighted by atomic mass is 9.70. The van der Waals surface area contributed by atoms with Gasteiger partial charge in [0.1, 0.15) is 6.61 Å². The molecule has 0 heterocycles. The van der Waals surface area contributed by atoms with E-state index in [1.165, 1.54) is 18.6 Å². The number of amides is 2. The number of allylic oxidation sites excluding steroid dienone is 1. The van der Waals surface area contributed by atoms with Crippen molar-refractivity contribution < 1.29 is 28.2 Å². The average molecular weight is 653 g/mol. The van der Waals surface area contributed by atoms with Crippen molar-refractivity contribution in [2.45, 2.75) is 84.0 Å². The number of carbonyl (C=O) groups excluding carboxylic acids is 3. The molecule has 48 heavy (non-hydrogen) atoms. The first-order valence-corrected chi connectivity index (χ1v) is 17.5. The fourth-order valence-corrected chi connectivity index (χ4v) is 8.25. The zero-order valence-corrected chi connectivity index (χ0v) is 27.8. The lowest BCUT2D eigenvalue weighted by Gasteiger charge is -2.39. The van der Waals surface area contributed by atoms with E-state index in [2.05, 4.69) is 29.7 Å². The van der Waals surface area contributed by atoms with Crippen LogP contribution in [0.25, 0.3) is 10.8 Å². The molecule has 2 amide bonds. The van der Waals surface area contributed by atoms with Gasteiger partial charge in [-0.25, -0.2) is 4.39 Å². The fraction of sp³-hybridized carbons (Fsp3) is 0.475. The Morgan fingerprint density at radius 1 is 0.958 bits per heavy atom. The predicted octanol–water partition coefficient (Wildman–Crippen LogP) is 7.20. The molecule has 3 aromatic rings. The van der Waals surface area contributed by atoms with Crippen LogP contribution in [0.4, 0.5) is 4.39 Å². The Morgan fingerprint density at radius 2 is 1.71 bits per heavy atom. The summed E-state index contributed by atoms with van der Waals surface area (Å²) in [7, 11) is 0. The van der Waals surface area contributed by atoms with Crippen LogP contribution in [0.2, 0.25) is 0 Å². The van der Waals surface area contributed by atoms with Crippen LogP contribution in [0, 0.1) is 41.8 Å². The fourth-order valence-electron chi connectivity index (χ4n) is 8.25. The van der Waals surface area contributed by atoms with Crippen LogP contribution >= 0.6 is 0 Å². The molecule has 4 aliphatic rings. The molecule has 4 aliphatic carbocycles. The Morgan fingerprint density at radius 3 is 2.48 bits per heavy atom. The van der Waals surface area contributed by atoms with Gasteiger partial charge in [-0.05, 0) is 103 Å². The van der Waals surface area contributed by atoms with Crippen molar-refractivity contribution in [1.82, 2.24) is 10.6 Å². The third-order valence-electron chi connectivity index (χ3n) is 11.4. The van der Waals surface area contributed by atoms with Gasteiger partial charge in [-0.15, -0.1) is 0 Å². The topological polar surface area (TPSA) is 93.7 Å². The maximum absolute atomic E-state index is 15.1. The van der Waals surface area contributed by atoms with Crippen LogP contribution in [0.1, 0.15) is 79.8 Å². The standard InChI is InChI=1S/C40H45FN2O5/c1-24-19-33(41)34(48-30-15-13-26(14-16-30)39(46)47-22-29-9-5-8-25-7-3-4-10-31(25)29)21-32(24)37(44)43-36-28-12-11-27(20-28)35(36)38(45)42-23-40(2)17-6-18-40/h3-5,7-12,19,21,26-28,30,35-36H,6,13-18,20,22-23H2,1-2H3,(H,42,45)(H,43,44). The molecule has 2 N–H and O–H groups in total. The summed E-state index contributed by atoms with van der Waals surface area (Å²) < 4.78 is 27.0. The molecule has 0 spiro atoms. The first kappa shape index (κ1) is 32.4. The molecule has 7 nitrogen and oxygen atoms in total. The van der Waals surface area contributed by atoms with E-state index in [4.69, 9.17) is 9.47 Å². The van der Waals surface area contributed by atoms with Crippen molar-refractivity contribution in [2.75, 3.05) is 6.54 Å². The molecule has 3 aromatic carbocycles. The van der Waals surface area contributed by atoms with E-state index in [0.717, 1.165) is 35.6 Å². The molecule has 4 unspecified atom stereocenters. The summed E-state index contributed by atoms with van der Waals surface area (Å²) in [6, 6.07) is 16.5. The van der Waals surface area contributed by atoms with Gasteiger partial charge in [0.2, 0.25) is 5.91 Å². The summed E-state index contributed by atoms with van der Waals surface area (Å²) in [6.07, 6.45) is 10.6. The molecule has 2 bridgehead atoms. The predicted molar refractivity (Wildman–Crippen MR) is 182 cm³/mol. The van der Waals surface area contributed by atoms with Crippen LogP contribution in [0.3, 0.4) is 0 Å². The smallest absolute Gasteiger partial charge is 0.309 e. The number of aryl methyl sites for hydroxylation is 1. The van der Waals surface area contributed by atoms with Gasteiger partial charge in [0.05, 0.1) is 17.9 Å². The maximum Gasteiger partial charge on any atom is 0.309 e. The minimum Gasteiger partial charge on any atom is -0.487 e. The second-order valence-corrected chi connectivity index (χ2v) is 14.8. The third-order valence-corrected chi connectivity index (χ3v) is 11.4. The molecule has 3 saturated carbocycles.